The maximum atomic E-state index is 10.4. The van der Waals surface area contributed by atoms with E-state index in [1.54, 1.807) is 12.3 Å². The fraction of sp³-hybridized carbons (Fsp3) is 0.400. The van der Waals surface area contributed by atoms with E-state index in [2.05, 4.69) is 24.1 Å². The second kappa shape index (κ2) is 4.60. The van der Waals surface area contributed by atoms with Crippen molar-refractivity contribution >= 4 is 11.9 Å². The monoisotopic (exact) mass is 194 g/mol. The molecule has 0 aliphatic rings. The predicted molar refractivity (Wildman–Crippen MR) is 54.6 cm³/mol. The summed E-state index contributed by atoms with van der Waals surface area (Å²) in [5.74, 6) is 0.808. The fourth-order valence-corrected chi connectivity index (χ4v) is 1.17. The third-order valence-corrected chi connectivity index (χ3v) is 2.20. The van der Waals surface area contributed by atoms with Crippen LogP contribution in [-0.2, 0) is 0 Å². The summed E-state index contributed by atoms with van der Waals surface area (Å²) in [6, 6.07) is 3.67. The van der Waals surface area contributed by atoms with E-state index in [9.17, 15) is 4.79 Å². The van der Waals surface area contributed by atoms with Crippen LogP contribution in [0.25, 0.3) is 0 Å². The fourth-order valence-electron chi connectivity index (χ4n) is 1.17. The average molecular weight is 194 g/mol. The molecule has 0 fully saturated rings. The molecule has 0 aliphatic carbocycles. The molecule has 0 spiro atoms. The van der Waals surface area contributed by atoms with Gasteiger partial charge in [0.25, 0.3) is 0 Å². The Kier molecular flexibility index (Phi) is 3.45. The van der Waals surface area contributed by atoms with Crippen LogP contribution in [0.3, 0.4) is 0 Å². The van der Waals surface area contributed by atoms with Crippen molar-refractivity contribution in [2.75, 3.05) is 5.32 Å². The predicted octanol–water partition coefficient (Wildman–Crippen LogP) is 2.68. The van der Waals surface area contributed by atoms with E-state index in [0.717, 1.165) is 12.0 Å². The number of nitrogens with one attached hydrogen (secondary N) is 1. The van der Waals surface area contributed by atoms with Gasteiger partial charge in [0.1, 0.15) is 5.82 Å². The summed E-state index contributed by atoms with van der Waals surface area (Å²) in [7, 11) is 0. The molecule has 0 bridgehead atoms. The normalized spacial score (nSPS) is 12.1. The maximum absolute atomic E-state index is 10.4. The van der Waals surface area contributed by atoms with Crippen molar-refractivity contribution in [1.82, 2.24) is 4.98 Å². The Hall–Kier alpha value is -1.58. The van der Waals surface area contributed by atoms with Gasteiger partial charge in [0.05, 0.1) is 0 Å². The second-order valence-corrected chi connectivity index (χ2v) is 3.21. The highest BCUT2D eigenvalue weighted by molar-refractivity contribution is 5.81. The lowest BCUT2D eigenvalue weighted by atomic mass is 10.00. The lowest BCUT2D eigenvalue weighted by molar-refractivity contribution is 0.209. The van der Waals surface area contributed by atoms with E-state index in [-0.39, 0.29) is 0 Å². The summed E-state index contributed by atoms with van der Waals surface area (Å²) in [5.41, 5.74) is 1.10. The zero-order valence-corrected chi connectivity index (χ0v) is 8.32. The van der Waals surface area contributed by atoms with Gasteiger partial charge >= 0.3 is 6.09 Å². The van der Waals surface area contributed by atoms with Crippen molar-refractivity contribution in [2.24, 2.45) is 0 Å². The van der Waals surface area contributed by atoms with Crippen molar-refractivity contribution in [3.05, 3.63) is 23.9 Å². The molecule has 4 heteroatoms. The zero-order chi connectivity index (χ0) is 10.6. The van der Waals surface area contributed by atoms with E-state index >= 15 is 0 Å². The first-order valence-electron chi connectivity index (χ1n) is 4.59. The van der Waals surface area contributed by atoms with Gasteiger partial charge in [-0.15, -0.1) is 0 Å². The van der Waals surface area contributed by atoms with Gasteiger partial charge in [-0.3, -0.25) is 5.32 Å². The van der Waals surface area contributed by atoms with E-state index in [4.69, 9.17) is 5.11 Å². The zero-order valence-electron chi connectivity index (χ0n) is 8.32. The van der Waals surface area contributed by atoms with Crippen LogP contribution in [0.2, 0.25) is 0 Å². The van der Waals surface area contributed by atoms with Gasteiger partial charge in [-0.05, 0) is 30.0 Å². The molecule has 0 saturated heterocycles. The van der Waals surface area contributed by atoms with Crippen LogP contribution in [0.5, 0.6) is 0 Å². The molecule has 2 N–H and O–H groups in total. The lowest BCUT2D eigenvalue weighted by Gasteiger charge is -2.09. The first-order valence-corrected chi connectivity index (χ1v) is 4.59. The molecule has 1 unspecified atom stereocenters. The number of carboxylic acid groups (broad SMARTS) is 1. The van der Waals surface area contributed by atoms with E-state index in [1.807, 2.05) is 6.07 Å². The van der Waals surface area contributed by atoms with Crippen LogP contribution in [0.1, 0.15) is 31.7 Å². The Balaban J connectivity index is 2.83. The lowest BCUT2D eigenvalue weighted by Crippen LogP contribution is -2.09. The van der Waals surface area contributed by atoms with Crippen LogP contribution in [0.4, 0.5) is 10.6 Å². The molecule has 14 heavy (non-hydrogen) atoms. The Morgan fingerprint density at radius 2 is 2.43 bits per heavy atom. The topological polar surface area (TPSA) is 62.2 Å². The van der Waals surface area contributed by atoms with Gasteiger partial charge in [-0.1, -0.05) is 13.8 Å². The summed E-state index contributed by atoms with van der Waals surface area (Å²) in [6.07, 6.45) is 1.56. The number of nitrogens with zero attached hydrogens (tertiary/aromatic N) is 1. The summed E-state index contributed by atoms with van der Waals surface area (Å²) in [4.78, 5) is 14.3. The minimum atomic E-state index is -1.08. The first kappa shape index (κ1) is 10.5. The Morgan fingerprint density at radius 3 is 3.00 bits per heavy atom. The molecule has 1 aromatic heterocycles. The minimum absolute atomic E-state index is 0.385. The van der Waals surface area contributed by atoms with Gasteiger partial charge in [-0.2, -0.15) is 0 Å². The Bertz CT molecular complexity index is 326. The molecular formula is C10H14N2O2. The van der Waals surface area contributed by atoms with E-state index in [0.29, 0.717) is 11.7 Å². The molecule has 1 rings (SSSR count). The highest BCUT2D eigenvalue weighted by Gasteiger charge is 2.05. The standard InChI is InChI=1S/C10H14N2O2/c1-3-7(2)8-4-5-11-9(6-8)12-10(13)14/h4-7H,3H2,1-2H3,(H,11,12)(H,13,14). The summed E-state index contributed by atoms with van der Waals surface area (Å²) >= 11 is 0. The highest BCUT2D eigenvalue weighted by atomic mass is 16.4. The third-order valence-electron chi connectivity index (χ3n) is 2.20. The first-order chi connectivity index (χ1) is 6.63. The number of carbonyl (C=O) groups is 1. The number of hydrogen-bond acceptors (Lipinski definition) is 2. The molecule has 1 heterocycles. The minimum Gasteiger partial charge on any atom is -0.465 e. The molecule has 0 aromatic carbocycles. The molecule has 1 atom stereocenters. The maximum Gasteiger partial charge on any atom is 0.410 e. The summed E-state index contributed by atoms with van der Waals surface area (Å²) in [5, 5.41) is 10.7. The number of pyridine rings is 1. The second-order valence-electron chi connectivity index (χ2n) is 3.21. The molecular weight excluding hydrogens is 180 g/mol. The molecule has 0 aliphatic heterocycles. The molecule has 0 radical (unpaired) electrons. The largest absolute Gasteiger partial charge is 0.465 e. The van der Waals surface area contributed by atoms with E-state index in [1.165, 1.54) is 0 Å². The SMILES string of the molecule is CCC(C)c1ccnc(NC(=O)O)c1. The van der Waals surface area contributed by atoms with Crippen molar-refractivity contribution in [3.8, 4) is 0 Å². The summed E-state index contributed by atoms with van der Waals surface area (Å²) in [6.45, 7) is 4.19. The number of hydrogen-bond donors (Lipinski definition) is 2. The number of anilines is 1. The van der Waals surface area contributed by atoms with Crippen molar-refractivity contribution in [1.29, 1.82) is 0 Å². The van der Waals surface area contributed by atoms with Gasteiger partial charge in [0, 0.05) is 6.20 Å². The average Bonchev–Trinajstić information content (AvgIpc) is 2.16. The van der Waals surface area contributed by atoms with Gasteiger partial charge in [-0.25, -0.2) is 9.78 Å². The van der Waals surface area contributed by atoms with Crippen molar-refractivity contribution in [3.63, 3.8) is 0 Å². The van der Waals surface area contributed by atoms with Crippen LogP contribution >= 0.6 is 0 Å². The third kappa shape index (κ3) is 2.73. The molecule has 76 valence electrons. The quantitative estimate of drug-likeness (QED) is 0.777. The highest BCUT2D eigenvalue weighted by Crippen LogP contribution is 2.19. The Morgan fingerprint density at radius 1 is 1.71 bits per heavy atom. The summed E-state index contributed by atoms with van der Waals surface area (Å²) < 4.78 is 0. The van der Waals surface area contributed by atoms with Crippen LogP contribution in [0, 0.1) is 0 Å². The Labute approximate surface area is 83.0 Å². The molecule has 0 saturated carbocycles. The number of rotatable bonds is 3. The van der Waals surface area contributed by atoms with Gasteiger partial charge in [0.15, 0.2) is 0 Å². The van der Waals surface area contributed by atoms with Crippen molar-refractivity contribution < 1.29 is 9.90 Å². The molecule has 1 amide bonds. The molecule has 4 nitrogen and oxygen atoms in total. The van der Waals surface area contributed by atoms with Crippen molar-refractivity contribution in [2.45, 2.75) is 26.2 Å². The van der Waals surface area contributed by atoms with Crippen LogP contribution in [-0.4, -0.2) is 16.2 Å². The van der Waals surface area contributed by atoms with Crippen LogP contribution < -0.4 is 5.32 Å². The van der Waals surface area contributed by atoms with Gasteiger partial charge < -0.3 is 5.11 Å². The molecule has 1 aromatic rings. The van der Waals surface area contributed by atoms with E-state index < -0.39 is 6.09 Å². The number of aromatic nitrogens is 1. The smallest absolute Gasteiger partial charge is 0.410 e. The number of amides is 1. The van der Waals surface area contributed by atoms with Crippen LogP contribution in [0.15, 0.2) is 18.3 Å². The van der Waals surface area contributed by atoms with Gasteiger partial charge in [0.2, 0.25) is 0 Å².